The van der Waals surface area contributed by atoms with Gasteiger partial charge < -0.3 is 15.0 Å². The number of hydrogen-bond acceptors (Lipinski definition) is 5. The fraction of sp³-hybridized carbons (Fsp3) is 0.400. The van der Waals surface area contributed by atoms with Gasteiger partial charge in [-0.15, -0.1) is 11.3 Å². The average molecular weight is 370 g/mol. The minimum absolute atomic E-state index is 0.0229. The van der Waals surface area contributed by atoms with Crippen molar-refractivity contribution >= 4 is 23.0 Å². The maximum atomic E-state index is 12.5. The lowest BCUT2D eigenvalue weighted by molar-refractivity contribution is 0.0620. The normalized spacial score (nSPS) is 24.3. The Morgan fingerprint density at radius 3 is 2.46 bits per heavy atom. The Hall–Kier alpha value is -2.18. The number of Topliss-reactive ketones (excluding diaryl/α,β-unsaturated/α-hetero) is 1. The lowest BCUT2D eigenvalue weighted by Crippen LogP contribution is -2.57. The van der Waals surface area contributed by atoms with E-state index >= 15 is 0 Å². The molecule has 1 atom stereocenters. The molecule has 26 heavy (non-hydrogen) atoms. The minimum Gasteiger partial charge on any atom is -0.447 e. The second-order valence-corrected chi connectivity index (χ2v) is 7.93. The highest BCUT2D eigenvalue weighted by Gasteiger charge is 2.34. The van der Waals surface area contributed by atoms with Gasteiger partial charge in [0.15, 0.2) is 10.8 Å². The van der Waals surface area contributed by atoms with Gasteiger partial charge in [0.2, 0.25) is 0 Å². The Kier molecular flexibility index (Phi) is 4.78. The first-order chi connectivity index (χ1) is 12.6. The first-order valence-corrected chi connectivity index (χ1v) is 9.87. The van der Waals surface area contributed by atoms with Gasteiger partial charge in [-0.25, -0.2) is 0 Å². The van der Waals surface area contributed by atoms with Gasteiger partial charge in [-0.3, -0.25) is 9.59 Å². The molecular weight excluding hydrogens is 348 g/mol. The van der Waals surface area contributed by atoms with Crippen LogP contribution in [-0.4, -0.2) is 42.3 Å². The molecule has 3 aliphatic heterocycles. The average Bonchev–Trinajstić information content (AvgIpc) is 3.12. The SMILES string of the molecule is CC(=O)c1csc(Oc2ccc(C(=O)NC3CN4CCC3CC4)cc2)c1. The molecule has 6 heteroatoms. The van der Waals surface area contributed by atoms with Crippen molar-refractivity contribution in [1.82, 2.24) is 10.2 Å². The zero-order chi connectivity index (χ0) is 18.1. The molecule has 5 nitrogen and oxygen atoms in total. The molecule has 4 heterocycles. The third kappa shape index (κ3) is 3.66. The van der Waals surface area contributed by atoms with E-state index in [1.165, 1.54) is 31.1 Å². The highest BCUT2D eigenvalue weighted by atomic mass is 32.1. The Morgan fingerprint density at radius 2 is 1.88 bits per heavy atom. The number of hydrogen-bond donors (Lipinski definition) is 1. The second-order valence-electron chi connectivity index (χ2n) is 7.06. The Morgan fingerprint density at radius 1 is 1.15 bits per heavy atom. The zero-order valence-corrected chi connectivity index (χ0v) is 15.6. The topological polar surface area (TPSA) is 58.6 Å². The molecule has 1 aromatic heterocycles. The van der Waals surface area contributed by atoms with Crippen LogP contribution >= 0.6 is 11.3 Å². The van der Waals surface area contributed by atoms with Crippen molar-refractivity contribution in [1.29, 1.82) is 0 Å². The zero-order valence-electron chi connectivity index (χ0n) is 14.7. The number of fused-ring (bicyclic) bond motifs is 3. The Bertz CT molecular complexity index is 807. The molecule has 1 amide bonds. The molecule has 0 saturated carbocycles. The van der Waals surface area contributed by atoms with Gasteiger partial charge in [0.05, 0.1) is 0 Å². The quantitative estimate of drug-likeness (QED) is 0.818. The highest BCUT2D eigenvalue weighted by molar-refractivity contribution is 7.12. The van der Waals surface area contributed by atoms with Gasteiger partial charge in [-0.1, -0.05) is 0 Å². The molecule has 0 aliphatic carbocycles. The summed E-state index contributed by atoms with van der Waals surface area (Å²) in [7, 11) is 0. The van der Waals surface area contributed by atoms with Crippen LogP contribution in [0.3, 0.4) is 0 Å². The maximum Gasteiger partial charge on any atom is 0.251 e. The minimum atomic E-state index is -0.0229. The summed E-state index contributed by atoms with van der Waals surface area (Å²) in [6, 6.07) is 9.15. The van der Waals surface area contributed by atoms with E-state index in [1.54, 1.807) is 35.7 Å². The van der Waals surface area contributed by atoms with Crippen molar-refractivity contribution in [2.24, 2.45) is 5.92 Å². The molecule has 1 N–H and O–H groups in total. The Labute approximate surface area is 157 Å². The van der Waals surface area contributed by atoms with Crippen LogP contribution in [0.4, 0.5) is 0 Å². The predicted molar refractivity (Wildman–Crippen MR) is 101 cm³/mol. The third-order valence-corrected chi connectivity index (χ3v) is 6.09. The van der Waals surface area contributed by atoms with E-state index in [4.69, 9.17) is 4.74 Å². The fourth-order valence-corrected chi connectivity index (χ4v) is 4.54. The molecular formula is C20H22N2O3S. The van der Waals surface area contributed by atoms with Crippen LogP contribution in [0.25, 0.3) is 0 Å². The van der Waals surface area contributed by atoms with Gasteiger partial charge in [0.1, 0.15) is 5.75 Å². The number of ether oxygens (including phenoxy) is 1. The van der Waals surface area contributed by atoms with Gasteiger partial charge in [0, 0.05) is 35.2 Å². The van der Waals surface area contributed by atoms with Crippen molar-refractivity contribution in [2.45, 2.75) is 25.8 Å². The summed E-state index contributed by atoms with van der Waals surface area (Å²) < 4.78 is 5.76. The maximum absolute atomic E-state index is 12.5. The number of piperidine rings is 3. The lowest BCUT2D eigenvalue weighted by atomic mass is 9.84. The van der Waals surface area contributed by atoms with Crippen LogP contribution in [-0.2, 0) is 0 Å². The molecule has 0 spiro atoms. The summed E-state index contributed by atoms with van der Waals surface area (Å²) in [5.41, 5.74) is 1.29. The highest BCUT2D eigenvalue weighted by Crippen LogP contribution is 2.30. The summed E-state index contributed by atoms with van der Waals surface area (Å²) in [6.45, 7) is 4.83. The first kappa shape index (κ1) is 17.2. The molecule has 1 unspecified atom stereocenters. The summed E-state index contributed by atoms with van der Waals surface area (Å²) in [4.78, 5) is 26.3. The fourth-order valence-electron chi connectivity index (χ4n) is 3.73. The summed E-state index contributed by atoms with van der Waals surface area (Å²) in [5, 5.41) is 5.65. The van der Waals surface area contributed by atoms with Gasteiger partial charge in [-0.05, 0) is 63.0 Å². The number of thiophene rings is 1. The summed E-state index contributed by atoms with van der Waals surface area (Å²) >= 11 is 1.39. The van der Waals surface area contributed by atoms with Gasteiger partial charge in [0.25, 0.3) is 5.91 Å². The van der Waals surface area contributed by atoms with E-state index in [0.717, 1.165) is 19.6 Å². The second kappa shape index (κ2) is 7.21. The van der Waals surface area contributed by atoms with Gasteiger partial charge >= 0.3 is 0 Å². The van der Waals surface area contributed by atoms with E-state index in [2.05, 4.69) is 10.2 Å². The monoisotopic (exact) mass is 370 g/mol. The van der Waals surface area contributed by atoms with Crippen LogP contribution in [0.15, 0.2) is 35.7 Å². The standard InChI is InChI=1S/C20H22N2O3S/c1-13(23)16-10-19(26-12-16)25-17-4-2-15(3-5-17)20(24)21-18-11-22-8-6-14(18)7-9-22/h2-5,10,12,14,18H,6-9,11H2,1H3,(H,21,24). The van der Waals surface area contributed by atoms with Crippen molar-refractivity contribution in [3.63, 3.8) is 0 Å². The van der Waals surface area contributed by atoms with Crippen molar-refractivity contribution in [3.05, 3.63) is 46.8 Å². The number of carbonyl (C=O) groups excluding carboxylic acids is 2. The number of ketones is 1. The van der Waals surface area contributed by atoms with Crippen LogP contribution in [0.1, 0.15) is 40.5 Å². The first-order valence-electron chi connectivity index (χ1n) is 8.99. The van der Waals surface area contributed by atoms with Crippen molar-refractivity contribution < 1.29 is 14.3 Å². The van der Waals surface area contributed by atoms with E-state index in [1.807, 2.05) is 0 Å². The van der Waals surface area contributed by atoms with Crippen molar-refractivity contribution in [3.8, 4) is 10.8 Å². The molecule has 2 bridgehead atoms. The number of nitrogens with one attached hydrogen (secondary N) is 1. The number of benzene rings is 1. The van der Waals surface area contributed by atoms with E-state index in [0.29, 0.717) is 27.9 Å². The van der Waals surface area contributed by atoms with Gasteiger partial charge in [-0.2, -0.15) is 0 Å². The molecule has 3 aliphatic rings. The van der Waals surface area contributed by atoms with Crippen molar-refractivity contribution in [2.75, 3.05) is 19.6 Å². The summed E-state index contributed by atoms with van der Waals surface area (Å²) in [6.07, 6.45) is 2.36. The van der Waals surface area contributed by atoms with E-state index in [-0.39, 0.29) is 17.7 Å². The van der Waals surface area contributed by atoms with Crippen LogP contribution < -0.4 is 10.1 Å². The Balaban J connectivity index is 1.37. The smallest absolute Gasteiger partial charge is 0.251 e. The van der Waals surface area contributed by atoms with Crippen LogP contribution in [0.5, 0.6) is 10.8 Å². The van der Waals surface area contributed by atoms with E-state index < -0.39 is 0 Å². The number of amides is 1. The molecule has 3 saturated heterocycles. The number of carbonyl (C=O) groups is 2. The molecule has 136 valence electrons. The summed E-state index contributed by atoms with van der Waals surface area (Å²) in [5.74, 6) is 1.27. The largest absolute Gasteiger partial charge is 0.447 e. The molecule has 0 radical (unpaired) electrons. The third-order valence-electron chi connectivity index (χ3n) is 5.29. The number of rotatable bonds is 5. The molecule has 2 aromatic rings. The predicted octanol–water partition coefficient (Wildman–Crippen LogP) is 3.57. The molecule has 5 rings (SSSR count). The lowest BCUT2D eigenvalue weighted by Gasteiger charge is -2.44. The molecule has 3 fully saturated rings. The van der Waals surface area contributed by atoms with E-state index in [9.17, 15) is 9.59 Å². The van der Waals surface area contributed by atoms with Crippen LogP contribution in [0.2, 0.25) is 0 Å². The number of nitrogens with zero attached hydrogens (tertiary/aromatic N) is 1. The van der Waals surface area contributed by atoms with Crippen LogP contribution in [0, 0.1) is 5.92 Å². The molecule has 1 aromatic carbocycles.